The quantitative estimate of drug-likeness (QED) is 0.834. The van der Waals surface area contributed by atoms with E-state index in [0.29, 0.717) is 17.5 Å². The molecule has 0 aliphatic heterocycles. The molecular formula is C15H23NO3S. The lowest BCUT2D eigenvalue weighted by molar-refractivity contribution is 0.329. The highest BCUT2D eigenvalue weighted by atomic mass is 32.2. The molecule has 1 saturated carbocycles. The van der Waals surface area contributed by atoms with Crippen LogP contribution in [0, 0.1) is 12.8 Å². The third-order valence-corrected chi connectivity index (χ3v) is 4.93. The zero-order valence-electron chi connectivity index (χ0n) is 12.3. The lowest BCUT2D eigenvalue weighted by Gasteiger charge is -2.30. The van der Waals surface area contributed by atoms with Crippen molar-refractivity contribution < 1.29 is 13.5 Å². The summed E-state index contributed by atoms with van der Waals surface area (Å²) in [6.07, 6.45) is 4.98. The average molecular weight is 297 g/mol. The highest BCUT2D eigenvalue weighted by molar-refractivity contribution is 7.81. The molecule has 2 N–H and O–H groups in total. The van der Waals surface area contributed by atoms with Gasteiger partial charge in [0.05, 0.1) is 12.8 Å². The Balaban J connectivity index is 2.32. The van der Waals surface area contributed by atoms with Gasteiger partial charge in [-0.15, -0.1) is 0 Å². The van der Waals surface area contributed by atoms with Crippen LogP contribution in [0.3, 0.4) is 0 Å². The van der Waals surface area contributed by atoms with E-state index in [-0.39, 0.29) is 5.75 Å². The molecule has 1 aliphatic carbocycles. The van der Waals surface area contributed by atoms with Gasteiger partial charge in [-0.3, -0.25) is 8.91 Å². The zero-order valence-corrected chi connectivity index (χ0v) is 13.1. The van der Waals surface area contributed by atoms with Gasteiger partial charge in [0.15, 0.2) is 0 Å². The Bertz CT molecular complexity index is 504. The topological polar surface area (TPSA) is 58.6 Å². The fourth-order valence-corrected chi connectivity index (χ4v) is 3.53. The molecule has 3 unspecified atom stereocenters. The first-order valence-corrected chi connectivity index (χ1v) is 8.16. The Hall–Kier alpha value is -1.07. The van der Waals surface area contributed by atoms with Crippen LogP contribution in [0.5, 0.6) is 5.75 Å². The van der Waals surface area contributed by atoms with Crippen LogP contribution >= 0.6 is 0 Å². The van der Waals surface area contributed by atoms with Crippen molar-refractivity contribution in [3.63, 3.8) is 0 Å². The molecule has 0 radical (unpaired) electrons. The lowest BCUT2D eigenvalue weighted by atomic mass is 9.75. The number of rotatable bonds is 4. The van der Waals surface area contributed by atoms with Crippen LogP contribution in [-0.2, 0) is 15.4 Å². The summed E-state index contributed by atoms with van der Waals surface area (Å²) in [5.41, 5.74) is 2.81. The second kappa shape index (κ2) is 6.59. The number of phenols is 1. The van der Waals surface area contributed by atoms with Crippen molar-refractivity contribution >= 4 is 17.0 Å². The van der Waals surface area contributed by atoms with Gasteiger partial charge in [-0.1, -0.05) is 26.2 Å². The highest BCUT2D eigenvalue weighted by Gasteiger charge is 2.25. The maximum absolute atomic E-state index is 11.4. The van der Waals surface area contributed by atoms with E-state index in [9.17, 15) is 9.32 Å². The molecule has 2 rings (SSSR count). The van der Waals surface area contributed by atoms with E-state index >= 15 is 0 Å². The summed E-state index contributed by atoms with van der Waals surface area (Å²) >= 11 is -1.63. The summed E-state index contributed by atoms with van der Waals surface area (Å²) in [6.45, 7) is 4.31. The van der Waals surface area contributed by atoms with Crippen LogP contribution in [0.1, 0.15) is 49.7 Å². The maximum atomic E-state index is 11.4. The lowest BCUT2D eigenvalue weighted by Crippen LogP contribution is -2.16. The van der Waals surface area contributed by atoms with Gasteiger partial charge in [0.1, 0.15) is 5.75 Å². The van der Waals surface area contributed by atoms with Crippen LogP contribution in [0.4, 0.5) is 5.69 Å². The maximum Gasteiger partial charge on any atom is 0.261 e. The van der Waals surface area contributed by atoms with Crippen molar-refractivity contribution in [2.45, 2.75) is 45.4 Å². The predicted molar refractivity (Wildman–Crippen MR) is 82.0 cm³/mol. The minimum Gasteiger partial charge on any atom is -0.506 e. The average Bonchev–Trinajstić information content (AvgIpc) is 2.42. The van der Waals surface area contributed by atoms with Crippen LogP contribution in [0.15, 0.2) is 12.1 Å². The highest BCUT2D eigenvalue weighted by Crippen LogP contribution is 2.41. The van der Waals surface area contributed by atoms with E-state index in [1.54, 1.807) is 6.07 Å². The van der Waals surface area contributed by atoms with Gasteiger partial charge in [-0.25, -0.2) is 4.21 Å². The molecule has 0 amide bonds. The number of aryl methyl sites for hydroxylation is 1. The van der Waals surface area contributed by atoms with E-state index in [0.717, 1.165) is 5.56 Å². The molecule has 4 nitrogen and oxygen atoms in total. The van der Waals surface area contributed by atoms with Crippen molar-refractivity contribution in [3.05, 3.63) is 23.3 Å². The summed E-state index contributed by atoms with van der Waals surface area (Å²) in [5.74, 6) is 1.27. The minimum atomic E-state index is -1.63. The summed E-state index contributed by atoms with van der Waals surface area (Å²) in [4.78, 5) is 0. The number of nitrogens with one attached hydrogen (secondary N) is 1. The molecule has 1 aliphatic rings. The molecule has 0 bridgehead atoms. The Kier molecular flexibility index (Phi) is 5.05. The van der Waals surface area contributed by atoms with Gasteiger partial charge in [0.2, 0.25) is 0 Å². The number of anilines is 1. The SMILES string of the molecule is COS(=O)Nc1cc(C2CCCCC2C)c(C)cc1O. The molecule has 0 aromatic heterocycles. The van der Waals surface area contributed by atoms with Gasteiger partial charge < -0.3 is 5.11 Å². The Labute approximate surface area is 123 Å². The van der Waals surface area contributed by atoms with E-state index in [2.05, 4.69) is 11.6 Å². The molecule has 1 aromatic rings. The molecule has 1 aromatic carbocycles. The molecule has 3 atom stereocenters. The van der Waals surface area contributed by atoms with Crippen molar-refractivity contribution in [3.8, 4) is 5.75 Å². The number of hydrogen-bond donors (Lipinski definition) is 2. The van der Waals surface area contributed by atoms with Crippen LogP contribution in [-0.4, -0.2) is 16.4 Å². The monoisotopic (exact) mass is 297 g/mol. The summed E-state index contributed by atoms with van der Waals surface area (Å²) in [6, 6.07) is 3.67. The number of aromatic hydroxyl groups is 1. The van der Waals surface area contributed by atoms with Gasteiger partial charge in [0, 0.05) is 0 Å². The van der Waals surface area contributed by atoms with E-state index < -0.39 is 11.3 Å². The minimum absolute atomic E-state index is 0.111. The zero-order chi connectivity index (χ0) is 14.7. The van der Waals surface area contributed by atoms with Crippen molar-refractivity contribution in [2.24, 2.45) is 5.92 Å². The summed E-state index contributed by atoms with van der Waals surface area (Å²) < 4.78 is 18.8. The largest absolute Gasteiger partial charge is 0.506 e. The van der Waals surface area contributed by atoms with Crippen molar-refractivity contribution in [1.82, 2.24) is 0 Å². The van der Waals surface area contributed by atoms with E-state index in [1.807, 2.05) is 13.0 Å². The third-order valence-electron chi connectivity index (χ3n) is 4.24. The fourth-order valence-electron chi connectivity index (χ4n) is 3.10. The van der Waals surface area contributed by atoms with Gasteiger partial charge >= 0.3 is 0 Å². The van der Waals surface area contributed by atoms with Gasteiger partial charge in [-0.05, 0) is 48.4 Å². The molecule has 5 heteroatoms. The molecule has 1 fully saturated rings. The van der Waals surface area contributed by atoms with Gasteiger partial charge in [-0.2, -0.15) is 0 Å². The third kappa shape index (κ3) is 3.33. The summed E-state index contributed by atoms with van der Waals surface area (Å²) in [5, 5.41) is 9.97. The Morgan fingerprint density at radius 1 is 1.35 bits per heavy atom. The van der Waals surface area contributed by atoms with Crippen LogP contribution in [0.2, 0.25) is 0 Å². The Morgan fingerprint density at radius 2 is 2.05 bits per heavy atom. The van der Waals surface area contributed by atoms with E-state index in [1.165, 1.54) is 38.4 Å². The van der Waals surface area contributed by atoms with E-state index in [4.69, 9.17) is 4.18 Å². The second-order valence-corrected chi connectivity index (χ2v) is 6.60. The number of phenolic OH excluding ortho intramolecular Hbond substituents is 1. The number of hydrogen-bond acceptors (Lipinski definition) is 3. The van der Waals surface area contributed by atoms with Gasteiger partial charge in [0.25, 0.3) is 11.3 Å². The first kappa shape index (κ1) is 15.3. The summed E-state index contributed by atoms with van der Waals surface area (Å²) in [7, 11) is 1.36. The van der Waals surface area contributed by atoms with Crippen LogP contribution in [0.25, 0.3) is 0 Å². The van der Waals surface area contributed by atoms with Crippen molar-refractivity contribution in [1.29, 1.82) is 0 Å². The smallest absolute Gasteiger partial charge is 0.261 e. The van der Waals surface area contributed by atoms with Crippen molar-refractivity contribution in [2.75, 3.05) is 11.8 Å². The van der Waals surface area contributed by atoms with Crippen LogP contribution < -0.4 is 4.72 Å². The Morgan fingerprint density at radius 3 is 2.70 bits per heavy atom. The molecule has 0 spiro atoms. The normalized spacial score (nSPS) is 24.4. The molecule has 0 saturated heterocycles. The molecule has 0 heterocycles. The first-order chi connectivity index (χ1) is 9.52. The standard InChI is InChI=1S/C15H23NO3S/c1-10-6-4-5-7-12(10)13-9-14(16-20(18)19-3)15(17)8-11(13)2/h8-10,12,16-17H,4-7H2,1-3H3. The first-order valence-electron chi connectivity index (χ1n) is 7.09. The molecule has 20 heavy (non-hydrogen) atoms. The predicted octanol–water partition coefficient (Wildman–Crippen LogP) is 3.63. The molecule has 112 valence electrons. The second-order valence-electron chi connectivity index (χ2n) is 5.60. The number of benzene rings is 1. The molecular weight excluding hydrogens is 274 g/mol. The fraction of sp³-hybridized carbons (Fsp3) is 0.600.